The van der Waals surface area contributed by atoms with E-state index in [-0.39, 0.29) is 11.7 Å². The highest BCUT2D eigenvalue weighted by atomic mass is 19.1. The molecule has 110 valence electrons. The predicted molar refractivity (Wildman–Crippen MR) is 73.7 cm³/mol. The van der Waals surface area contributed by atoms with Crippen LogP contribution in [0, 0.1) is 5.82 Å². The van der Waals surface area contributed by atoms with Crippen molar-refractivity contribution in [3.8, 4) is 0 Å². The van der Waals surface area contributed by atoms with Crippen LogP contribution in [0.4, 0.5) is 4.39 Å². The van der Waals surface area contributed by atoms with Crippen molar-refractivity contribution >= 4 is 11.7 Å². The van der Waals surface area contributed by atoms with Crippen LogP contribution in [-0.4, -0.2) is 23.5 Å². The Labute approximate surface area is 116 Å². The molecule has 0 bridgehead atoms. The molecule has 1 aromatic carbocycles. The van der Waals surface area contributed by atoms with Crippen LogP contribution >= 0.6 is 0 Å². The maximum Gasteiger partial charge on any atom is 0.217 e. The summed E-state index contributed by atoms with van der Waals surface area (Å²) in [6.07, 6.45) is 1.90. The molecule has 1 amide bonds. The van der Waals surface area contributed by atoms with Crippen molar-refractivity contribution < 1.29 is 14.4 Å². The molecule has 0 atom stereocenters. The number of nitrogens with one attached hydrogen (secondary N) is 1. The van der Waals surface area contributed by atoms with Gasteiger partial charge in [0.25, 0.3) is 0 Å². The van der Waals surface area contributed by atoms with E-state index in [0.717, 1.165) is 18.4 Å². The highest BCUT2D eigenvalue weighted by Crippen LogP contribution is 2.11. The zero-order valence-electron chi connectivity index (χ0n) is 11.1. The molecule has 0 fully saturated rings. The lowest BCUT2D eigenvalue weighted by Gasteiger charge is -2.09. The second kappa shape index (κ2) is 8.11. The molecular weight excluding hydrogens is 263 g/mol. The average Bonchev–Trinajstić information content (AvgIpc) is 2.42. The number of nitrogens with two attached hydrogens (primary N) is 2. The molecule has 0 spiro atoms. The van der Waals surface area contributed by atoms with E-state index < -0.39 is 5.82 Å². The number of nitrogens with zero attached hydrogens (tertiary/aromatic N) is 1. The van der Waals surface area contributed by atoms with E-state index in [1.54, 1.807) is 6.07 Å². The number of carbonyl (C=O) groups excluding carboxylic acids is 1. The van der Waals surface area contributed by atoms with Gasteiger partial charge in [0.2, 0.25) is 5.91 Å². The molecule has 0 aliphatic carbocycles. The number of hydrogen-bond acceptors (Lipinski definition) is 4. The Kier molecular flexibility index (Phi) is 6.45. The molecule has 0 heterocycles. The minimum absolute atomic E-state index is 0.130. The number of benzene rings is 1. The summed E-state index contributed by atoms with van der Waals surface area (Å²) in [5.74, 6) is -0.885. The fraction of sp³-hybridized carbons (Fsp3) is 0.385. The van der Waals surface area contributed by atoms with Gasteiger partial charge in [0.05, 0.1) is 0 Å². The van der Waals surface area contributed by atoms with Gasteiger partial charge < -0.3 is 22.0 Å². The molecule has 0 aliphatic heterocycles. The van der Waals surface area contributed by atoms with Gasteiger partial charge in [-0.3, -0.25) is 4.79 Å². The third-order valence-corrected chi connectivity index (χ3v) is 2.80. The third kappa shape index (κ3) is 5.23. The van der Waals surface area contributed by atoms with Crippen molar-refractivity contribution in [2.75, 3.05) is 6.54 Å². The lowest BCUT2D eigenvalue weighted by molar-refractivity contribution is -0.118. The minimum Gasteiger partial charge on any atom is -0.409 e. The maximum atomic E-state index is 13.2. The van der Waals surface area contributed by atoms with Crippen molar-refractivity contribution in [1.82, 2.24) is 5.32 Å². The topological polar surface area (TPSA) is 114 Å². The first-order valence-electron chi connectivity index (χ1n) is 6.30. The largest absolute Gasteiger partial charge is 0.409 e. The van der Waals surface area contributed by atoms with Crippen molar-refractivity contribution in [2.24, 2.45) is 16.6 Å². The minimum atomic E-state index is -0.447. The van der Waals surface area contributed by atoms with Crippen LogP contribution in [0.25, 0.3) is 0 Å². The van der Waals surface area contributed by atoms with E-state index in [2.05, 4.69) is 10.5 Å². The van der Waals surface area contributed by atoms with Crippen molar-refractivity contribution in [2.45, 2.75) is 25.8 Å². The van der Waals surface area contributed by atoms with E-state index >= 15 is 0 Å². The number of amidine groups is 1. The van der Waals surface area contributed by atoms with Crippen LogP contribution in [0.1, 0.15) is 30.4 Å². The quantitative estimate of drug-likeness (QED) is 0.184. The molecule has 20 heavy (non-hydrogen) atoms. The fourth-order valence-electron chi connectivity index (χ4n) is 1.77. The number of halogens is 1. The number of rotatable bonds is 8. The first kappa shape index (κ1) is 15.9. The summed E-state index contributed by atoms with van der Waals surface area (Å²) in [7, 11) is 0. The van der Waals surface area contributed by atoms with Gasteiger partial charge in [-0.25, -0.2) is 4.39 Å². The Morgan fingerprint density at radius 2 is 2.10 bits per heavy atom. The molecule has 6 nitrogen and oxygen atoms in total. The molecule has 6 N–H and O–H groups in total. The molecule has 0 saturated heterocycles. The van der Waals surface area contributed by atoms with Gasteiger partial charge >= 0.3 is 0 Å². The summed E-state index contributed by atoms with van der Waals surface area (Å²) in [4.78, 5) is 10.6. The number of carbonyl (C=O) groups is 1. The Balaban J connectivity index is 2.49. The highest BCUT2D eigenvalue weighted by Gasteiger charge is 2.08. The lowest BCUT2D eigenvalue weighted by atomic mass is 10.1. The summed E-state index contributed by atoms with van der Waals surface area (Å²) in [5.41, 5.74) is 11.6. The summed E-state index contributed by atoms with van der Waals surface area (Å²) in [6.45, 7) is 1.16. The SMILES string of the molecule is NC(=O)CCCCNCc1ccc(F)cc1/C(N)=N/O. The first-order valence-corrected chi connectivity index (χ1v) is 6.30. The molecule has 0 unspecified atom stereocenters. The molecular formula is C13H19FN4O2. The van der Waals surface area contributed by atoms with Gasteiger partial charge in [-0.1, -0.05) is 11.2 Å². The zero-order chi connectivity index (χ0) is 15.0. The van der Waals surface area contributed by atoms with Gasteiger partial charge in [0.1, 0.15) is 5.82 Å². The van der Waals surface area contributed by atoms with Gasteiger partial charge in [-0.2, -0.15) is 0 Å². The van der Waals surface area contributed by atoms with E-state index in [9.17, 15) is 9.18 Å². The molecule has 0 aromatic heterocycles. The maximum absolute atomic E-state index is 13.2. The predicted octanol–water partition coefficient (Wildman–Crippen LogP) is 0.665. The fourth-order valence-corrected chi connectivity index (χ4v) is 1.77. The third-order valence-electron chi connectivity index (χ3n) is 2.80. The van der Waals surface area contributed by atoms with Crippen LogP contribution in [0.3, 0.4) is 0 Å². The zero-order valence-corrected chi connectivity index (χ0v) is 11.1. The van der Waals surface area contributed by atoms with E-state index in [4.69, 9.17) is 16.7 Å². The van der Waals surface area contributed by atoms with Crippen molar-refractivity contribution in [1.29, 1.82) is 0 Å². The standard InChI is InChI=1S/C13H19FN4O2/c14-10-5-4-9(11(7-10)13(16)18-20)8-17-6-2-1-3-12(15)19/h4-5,7,17,20H,1-3,6,8H2,(H2,15,19)(H2,16,18). The van der Waals surface area contributed by atoms with Crippen LogP contribution < -0.4 is 16.8 Å². The Morgan fingerprint density at radius 1 is 1.35 bits per heavy atom. The molecule has 1 rings (SSSR count). The molecule has 7 heteroatoms. The molecule has 0 radical (unpaired) electrons. The van der Waals surface area contributed by atoms with Gasteiger partial charge in [0, 0.05) is 18.5 Å². The Morgan fingerprint density at radius 3 is 2.75 bits per heavy atom. The molecule has 0 aliphatic rings. The number of amides is 1. The Hall–Kier alpha value is -2.15. The smallest absolute Gasteiger partial charge is 0.217 e. The Bertz CT molecular complexity index is 491. The van der Waals surface area contributed by atoms with Crippen molar-refractivity contribution in [3.05, 3.63) is 35.1 Å². The van der Waals surface area contributed by atoms with Crippen LogP contribution in [-0.2, 0) is 11.3 Å². The normalized spacial score (nSPS) is 11.6. The summed E-state index contributed by atoms with van der Waals surface area (Å²) >= 11 is 0. The monoisotopic (exact) mass is 282 g/mol. The summed E-state index contributed by atoms with van der Waals surface area (Å²) < 4.78 is 13.2. The van der Waals surface area contributed by atoms with Crippen LogP contribution in [0.2, 0.25) is 0 Å². The number of primary amides is 1. The second-order valence-electron chi connectivity index (χ2n) is 4.39. The summed E-state index contributed by atoms with van der Waals surface area (Å²) in [5, 5.41) is 14.7. The summed E-state index contributed by atoms with van der Waals surface area (Å²) in [6, 6.07) is 4.12. The van der Waals surface area contributed by atoms with E-state index in [1.807, 2.05) is 0 Å². The van der Waals surface area contributed by atoms with E-state index in [1.165, 1.54) is 12.1 Å². The van der Waals surface area contributed by atoms with Gasteiger partial charge in [0.15, 0.2) is 5.84 Å². The highest BCUT2D eigenvalue weighted by molar-refractivity contribution is 5.98. The number of oxime groups is 1. The van der Waals surface area contributed by atoms with Gasteiger partial charge in [-0.15, -0.1) is 0 Å². The number of hydrogen-bond donors (Lipinski definition) is 4. The first-order chi connectivity index (χ1) is 9.54. The van der Waals surface area contributed by atoms with Crippen LogP contribution in [0.5, 0.6) is 0 Å². The van der Waals surface area contributed by atoms with Gasteiger partial charge in [-0.05, 0) is 37.1 Å². The molecule has 0 saturated carbocycles. The average molecular weight is 282 g/mol. The van der Waals surface area contributed by atoms with E-state index in [0.29, 0.717) is 25.1 Å². The lowest BCUT2D eigenvalue weighted by Crippen LogP contribution is -2.21. The number of unbranched alkanes of at least 4 members (excludes halogenated alkanes) is 1. The second-order valence-corrected chi connectivity index (χ2v) is 4.39. The molecule has 1 aromatic rings. The van der Waals surface area contributed by atoms with Crippen LogP contribution in [0.15, 0.2) is 23.4 Å². The van der Waals surface area contributed by atoms with Crippen molar-refractivity contribution in [3.63, 3.8) is 0 Å².